The zero-order valence-electron chi connectivity index (χ0n) is 19.8. The van der Waals surface area contributed by atoms with E-state index in [0.29, 0.717) is 0 Å². The van der Waals surface area contributed by atoms with Gasteiger partial charge in [0.2, 0.25) is 0 Å². The Hall–Kier alpha value is -3.49. The van der Waals surface area contributed by atoms with Gasteiger partial charge in [-0.25, -0.2) is 0 Å². The minimum absolute atomic E-state index is 0. The molecule has 0 amide bonds. The minimum Gasteiger partial charge on any atom is -0.429 e. The SMILES string of the molecule is Cc1cc(-n2[c-]cc3ccccc32)nc(C(C)(C)c2cccc(-n3[c-]cc4ccccc43)n2)c1.[Pt+2]. The van der Waals surface area contributed by atoms with Gasteiger partial charge in [-0.1, -0.05) is 83.6 Å². The molecule has 35 heavy (non-hydrogen) atoms. The Morgan fingerprint density at radius 3 is 1.89 bits per heavy atom. The number of para-hydroxylation sites is 2. The van der Waals surface area contributed by atoms with Crippen LogP contribution >= 0.6 is 0 Å². The second kappa shape index (κ2) is 8.94. The molecule has 4 aromatic heterocycles. The fraction of sp³-hybridized carbons (Fsp3) is 0.133. The number of pyridine rings is 2. The summed E-state index contributed by atoms with van der Waals surface area (Å²) in [6.07, 6.45) is 6.68. The summed E-state index contributed by atoms with van der Waals surface area (Å²) < 4.78 is 4.05. The third-order valence-electron chi connectivity index (χ3n) is 6.48. The maximum Gasteiger partial charge on any atom is 2.00 e. The molecule has 2 aromatic carbocycles. The second-order valence-corrected chi connectivity index (χ2v) is 9.23. The monoisotopic (exact) mass is 635 g/mol. The van der Waals surface area contributed by atoms with E-state index < -0.39 is 5.41 Å². The number of hydrogen-bond donors (Lipinski definition) is 0. The van der Waals surface area contributed by atoms with Gasteiger partial charge in [0.15, 0.2) is 0 Å². The van der Waals surface area contributed by atoms with E-state index in [0.717, 1.165) is 50.4 Å². The van der Waals surface area contributed by atoms with Crippen molar-refractivity contribution in [3.05, 3.63) is 120 Å². The molecule has 0 aliphatic rings. The van der Waals surface area contributed by atoms with Crippen LogP contribution in [0.25, 0.3) is 33.4 Å². The average molecular weight is 636 g/mol. The van der Waals surface area contributed by atoms with E-state index in [-0.39, 0.29) is 21.1 Å². The van der Waals surface area contributed by atoms with Crippen LogP contribution in [0.15, 0.2) is 91.0 Å². The molecule has 6 rings (SSSR count). The van der Waals surface area contributed by atoms with E-state index in [9.17, 15) is 0 Å². The predicted molar refractivity (Wildman–Crippen MR) is 137 cm³/mol. The Morgan fingerprint density at radius 1 is 0.657 bits per heavy atom. The summed E-state index contributed by atoms with van der Waals surface area (Å²) in [6.45, 7) is 6.47. The van der Waals surface area contributed by atoms with E-state index in [1.807, 2.05) is 51.6 Å². The van der Waals surface area contributed by atoms with Crippen LogP contribution in [0.3, 0.4) is 0 Å². The van der Waals surface area contributed by atoms with Crippen LogP contribution in [0.4, 0.5) is 0 Å². The second-order valence-electron chi connectivity index (χ2n) is 9.23. The van der Waals surface area contributed by atoms with Crippen LogP contribution in [-0.4, -0.2) is 19.1 Å². The Bertz CT molecular complexity index is 1660. The molecule has 5 heteroatoms. The standard InChI is InChI=1S/C30H24N4.Pt/c1-21-19-27(32-29(20-21)34-18-16-23-10-5-7-12-25(23)34)30(2,3)26-13-8-14-28(31-26)33-17-15-22-9-4-6-11-24(22)33;/h4-16,19-20H,1-3H3;/q-2;+2. The average Bonchev–Trinajstić information content (AvgIpc) is 3.48. The molecule has 0 bridgehead atoms. The summed E-state index contributed by atoms with van der Waals surface area (Å²) >= 11 is 0. The summed E-state index contributed by atoms with van der Waals surface area (Å²) in [5.41, 5.74) is 4.87. The van der Waals surface area contributed by atoms with Gasteiger partial charge in [0, 0.05) is 16.8 Å². The van der Waals surface area contributed by atoms with Crippen molar-refractivity contribution in [1.82, 2.24) is 19.1 Å². The summed E-state index contributed by atoms with van der Waals surface area (Å²) in [5.74, 6) is 1.72. The van der Waals surface area contributed by atoms with Crippen LogP contribution in [0.2, 0.25) is 0 Å². The van der Waals surface area contributed by atoms with E-state index in [1.54, 1.807) is 0 Å². The summed E-state index contributed by atoms with van der Waals surface area (Å²) in [7, 11) is 0. The normalized spacial score (nSPS) is 11.6. The number of fused-ring (bicyclic) bond motifs is 2. The number of aromatic nitrogens is 4. The molecule has 0 aliphatic carbocycles. The van der Waals surface area contributed by atoms with E-state index in [1.165, 1.54) is 0 Å². The van der Waals surface area contributed by atoms with E-state index >= 15 is 0 Å². The number of aryl methyl sites for hydroxylation is 1. The number of nitrogens with zero attached hydrogens (tertiary/aromatic N) is 4. The van der Waals surface area contributed by atoms with Gasteiger partial charge in [-0.15, -0.1) is 35.0 Å². The topological polar surface area (TPSA) is 35.6 Å². The van der Waals surface area contributed by atoms with Gasteiger partial charge in [-0.2, -0.15) is 0 Å². The van der Waals surface area contributed by atoms with Crippen LogP contribution in [0, 0.1) is 19.3 Å². The van der Waals surface area contributed by atoms with Crippen molar-refractivity contribution >= 4 is 21.8 Å². The maximum absolute atomic E-state index is 5.09. The van der Waals surface area contributed by atoms with Gasteiger partial charge >= 0.3 is 21.1 Å². The Labute approximate surface area is 219 Å². The zero-order valence-corrected chi connectivity index (χ0v) is 22.0. The van der Waals surface area contributed by atoms with Gasteiger partial charge < -0.3 is 9.13 Å². The molecular formula is C30H24N4Pt. The molecule has 0 fully saturated rings. The summed E-state index contributed by atoms with van der Waals surface area (Å²) in [5, 5.41) is 2.30. The van der Waals surface area contributed by atoms with Crippen molar-refractivity contribution < 1.29 is 21.1 Å². The molecular weight excluding hydrogens is 611 g/mol. The summed E-state index contributed by atoms with van der Waals surface area (Å²) in [6, 6.07) is 31.0. The molecule has 0 aliphatic heterocycles. The van der Waals surface area contributed by atoms with Crippen molar-refractivity contribution in [1.29, 1.82) is 0 Å². The number of hydrogen-bond acceptors (Lipinski definition) is 2. The molecule has 0 unspecified atom stereocenters. The van der Waals surface area contributed by atoms with Crippen molar-refractivity contribution in [2.24, 2.45) is 0 Å². The molecule has 174 valence electrons. The molecule has 0 spiro atoms. The van der Waals surface area contributed by atoms with E-state index in [4.69, 9.17) is 9.97 Å². The smallest absolute Gasteiger partial charge is 0.429 e. The van der Waals surface area contributed by atoms with Crippen molar-refractivity contribution in [2.45, 2.75) is 26.2 Å². The first kappa shape index (κ1) is 23.3. The van der Waals surface area contributed by atoms with Gasteiger partial charge in [0.1, 0.15) is 0 Å². The Balaban J connectivity index is 0.00000253. The maximum atomic E-state index is 5.09. The third-order valence-corrected chi connectivity index (χ3v) is 6.48. The molecule has 0 atom stereocenters. The summed E-state index contributed by atoms with van der Waals surface area (Å²) in [4.78, 5) is 10.2. The van der Waals surface area contributed by atoms with Gasteiger partial charge in [0.05, 0.1) is 11.6 Å². The van der Waals surface area contributed by atoms with Crippen molar-refractivity contribution in [2.75, 3.05) is 0 Å². The first-order valence-corrected chi connectivity index (χ1v) is 11.4. The molecule has 4 nitrogen and oxygen atoms in total. The molecule has 0 radical (unpaired) electrons. The largest absolute Gasteiger partial charge is 2.00 e. The minimum atomic E-state index is -0.400. The predicted octanol–water partition coefficient (Wildman–Crippen LogP) is 6.60. The fourth-order valence-electron chi connectivity index (χ4n) is 4.52. The number of rotatable bonds is 4. The number of benzene rings is 2. The van der Waals surface area contributed by atoms with Crippen LogP contribution < -0.4 is 0 Å². The first-order chi connectivity index (χ1) is 16.5. The fourth-order valence-corrected chi connectivity index (χ4v) is 4.52. The van der Waals surface area contributed by atoms with Gasteiger partial charge in [-0.3, -0.25) is 9.97 Å². The van der Waals surface area contributed by atoms with E-state index in [2.05, 4.69) is 81.7 Å². The third kappa shape index (κ3) is 4.02. The quantitative estimate of drug-likeness (QED) is 0.205. The van der Waals surface area contributed by atoms with Crippen molar-refractivity contribution in [3.8, 4) is 11.6 Å². The first-order valence-electron chi connectivity index (χ1n) is 11.4. The van der Waals surface area contributed by atoms with Gasteiger partial charge in [-0.05, 0) is 32.9 Å². The molecule has 0 saturated heterocycles. The molecule has 0 N–H and O–H groups in total. The van der Waals surface area contributed by atoms with Crippen molar-refractivity contribution in [3.63, 3.8) is 0 Å². The van der Waals surface area contributed by atoms with Crippen LogP contribution in [0.1, 0.15) is 30.8 Å². The molecule has 4 heterocycles. The van der Waals surface area contributed by atoms with Gasteiger partial charge in [0.25, 0.3) is 0 Å². The Morgan fingerprint density at radius 2 is 1.23 bits per heavy atom. The van der Waals surface area contributed by atoms with Crippen LogP contribution in [-0.2, 0) is 26.5 Å². The molecule has 0 saturated carbocycles. The Kier molecular flexibility index (Phi) is 5.94. The molecule has 6 aromatic rings. The zero-order chi connectivity index (χ0) is 23.3. The van der Waals surface area contributed by atoms with Crippen LogP contribution in [0.5, 0.6) is 0 Å².